The van der Waals surface area contributed by atoms with Crippen molar-refractivity contribution in [2.24, 2.45) is 5.92 Å². The van der Waals surface area contributed by atoms with E-state index >= 15 is 0 Å². The summed E-state index contributed by atoms with van der Waals surface area (Å²) in [6.07, 6.45) is 0. The molecule has 0 saturated carbocycles. The van der Waals surface area contributed by atoms with Crippen LogP contribution < -0.4 is 0 Å². The second-order valence-electron chi connectivity index (χ2n) is 3.01. The summed E-state index contributed by atoms with van der Waals surface area (Å²) in [4.78, 5) is 20.2. The van der Waals surface area contributed by atoms with Crippen LogP contribution in [0.25, 0.3) is 0 Å². The van der Waals surface area contributed by atoms with E-state index in [0.717, 1.165) is 5.92 Å². The number of carbonyl (C=O) groups excluding carboxylic acids is 2. The summed E-state index contributed by atoms with van der Waals surface area (Å²) in [7, 11) is 0. The average Bonchev–Trinajstić information content (AvgIpc) is 1.86. The third kappa shape index (κ3) is 16.1. The van der Waals surface area contributed by atoms with E-state index in [2.05, 4.69) is 25.5 Å². The van der Waals surface area contributed by atoms with Gasteiger partial charge in [-0.05, 0) is 12.8 Å². The maximum absolute atomic E-state index is 10.2. The number of ketones is 1. The molecule has 0 radical (unpaired) electrons. The molecule has 0 bridgehead atoms. The average molecular weight is 174 g/mol. The number of hydrogen-bond donors (Lipinski definition) is 0. The molecule has 0 amide bonds. The summed E-state index contributed by atoms with van der Waals surface area (Å²) < 4.78 is 4.31. The molecule has 72 valence electrons. The van der Waals surface area contributed by atoms with Crippen LogP contribution in [0.5, 0.6) is 0 Å². The number of carbonyl (C=O) groups is 2. The van der Waals surface area contributed by atoms with Crippen LogP contribution >= 0.6 is 0 Å². The molecule has 0 rings (SSSR count). The van der Waals surface area contributed by atoms with E-state index in [4.69, 9.17) is 0 Å². The molecule has 0 spiro atoms. The molecule has 3 heteroatoms. The molecule has 0 saturated heterocycles. The van der Waals surface area contributed by atoms with Crippen molar-refractivity contribution < 1.29 is 14.3 Å². The first-order valence-electron chi connectivity index (χ1n) is 4.09. The van der Waals surface area contributed by atoms with Crippen molar-refractivity contribution in [3.05, 3.63) is 0 Å². The summed E-state index contributed by atoms with van der Waals surface area (Å²) in [5.41, 5.74) is 0. The summed E-state index contributed by atoms with van der Waals surface area (Å²) in [5, 5.41) is 0. The molecule has 0 aromatic heterocycles. The lowest BCUT2D eigenvalue weighted by atomic mass is 10.3. The first-order valence-corrected chi connectivity index (χ1v) is 4.09. The quantitative estimate of drug-likeness (QED) is 0.473. The highest BCUT2D eigenvalue weighted by Gasteiger charge is 2.05. The normalized spacial score (nSPS) is 8.50. The highest BCUT2D eigenvalue weighted by atomic mass is 16.5. The number of esters is 1. The SMILES string of the molecule is CC(C)C.CCOC(=O)C(C)=O. The van der Waals surface area contributed by atoms with E-state index in [1.165, 1.54) is 6.92 Å². The molecule has 3 nitrogen and oxygen atoms in total. The first kappa shape index (κ1) is 13.7. The van der Waals surface area contributed by atoms with Crippen molar-refractivity contribution in [3.8, 4) is 0 Å². The fourth-order valence-electron chi connectivity index (χ4n) is 0.233. The van der Waals surface area contributed by atoms with Crippen LogP contribution in [0.3, 0.4) is 0 Å². The highest BCUT2D eigenvalue weighted by molar-refractivity contribution is 6.32. The lowest BCUT2D eigenvalue weighted by Crippen LogP contribution is -2.12. The van der Waals surface area contributed by atoms with Crippen LogP contribution in [0.15, 0.2) is 0 Å². The van der Waals surface area contributed by atoms with Gasteiger partial charge in [-0.1, -0.05) is 20.8 Å². The Morgan fingerprint density at radius 3 is 1.67 bits per heavy atom. The van der Waals surface area contributed by atoms with Gasteiger partial charge in [0.05, 0.1) is 6.61 Å². The molecule has 12 heavy (non-hydrogen) atoms. The number of ether oxygens (including phenoxy) is 1. The third-order valence-corrected chi connectivity index (χ3v) is 0.563. The summed E-state index contributed by atoms with van der Waals surface area (Å²) in [6.45, 7) is 9.59. The topological polar surface area (TPSA) is 43.4 Å². The van der Waals surface area contributed by atoms with E-state index in [-0.39, 0.29) is 6.61 Å². The molecule has 0 aromatic rings. The van der Waals surface area contributed by atoms with Gasteiger partial charge in [0.15, 0.2) is 0 Å². The van der Waals surface area contributed by atoms with Crippen molar-refractivity contribution in [3.63, 3.8) is 0 Å². The van der Waals surface area contributed by atoms with E-state index in [1.807, 2.05) is 0 Å². The zero-order valence-corrected chi connectivity index (χ0v) is 8.51. The van der Waals surface area contributed by atoms with Gasteiger partial charge in [-0.2, -0.15) is 0 Å². The summed E-state index contributed by atoms with van der Waals surface area (Å²) in [5.74, 6) is -0.473. The van der Waals surface area contributed by atoms with Crippen LogP contribution in [-0.2, 0) is 14.3 Å². The van der Waals surface area contributed by atoms with Gasteiger partial charge < -0.3 is 4.74 Å². The van der Waals surface area contributed by atoms with Crippen LogP contribution in [-0.4, -0.2) is 18.4 Å². The maximum Gasteiger partial charge on any atom is 0.374 e. The van der Waals surface area contributed by atoms with Gasteiger partial charge in [0.2, 0.25) is 5.78 Å². The van der Waals surface area contributed by atoms with Gasteiger partial charge in [0.1, 0.15) is 0 Å². The Kier molecular flexibility index (Phi) is 9.41. The molecule has 0 N–H and O–H groups in total. The van der Waals surface area contributed by atoms with Gasteiger partial charge in [-0.15, -0.1) is 0 Å². The predicted molar refractivity (Wildman–Crippen MR) is 47.8 cm³/mol. The minimum atomic E-state index is -0.757. The minimum absolute atomic E-state index is 0.262. The minimum Gasteiger partial charge on any atom is -0.460 e. The maximum atomic E-state index is 10.2. The standard InChI is InChI=1S/C5H8O3.C4H10/c1-3-8-5(7)4(2)6;1-4(2)3/h3H2,1-2H3;4H,1-3H3. The number of hydrogen-bond acceptors (Lipinski definition) is 3. The molecule has 0 unspecified atom stereocenters. The Morgan fingerprint density at radius 1 is 1.25 bits per heavy atom. The predicted octanol–water partition coefficient (Wildman–Crippen LogP) is 1.80. The molecule has 0 aliphatic carbocycles. The second kappa shape index (κ2) is 8.24. The number of rotatable bonds is 2. The molecule has 0 aromatic carbocycles. The first-order chi connectivity index (χ1) is 5.41. The zero-order chi connectivity index (χ0) is 10.1. The van der Waals surface area contributed by atoms with E-state index in [0.29, 0.717) is 0 Å². The molecule has 0 aliphatic rings. The van der Waals surface area contributed by atoms with Crippen molar-refractivity contribution in [1.82, 2.24) is 0 Å². The van der Waals surface area contributed by atoms with Crippen molar-refractivity contribution in [2.75, 3.05) is 6.61 Å². The molecular formula is C9H18O3. The fourth-order valence-corrected chi connectivity index (χ4v) is 0.233. The smallest absolute Gasteiger partial charge is 0.374 e. The monoisotopic (exact) mass is 174 g/mol. The molecule has 0 fully saturated rings. The Hall–Kier alpha value is -0.860. The van der Waals surface area contributed by atoms with Crippen molar-refractivity contribution in [1.29, 1.82) is 0 Å². The van der Waals surface area contributed by atoms with E-state index in [1.54, 1.807) is 6.92 Å². The molecule has 0 heterocycles. The van der Waals surface area contributed by atoms with Gasteiger partial charge in [-0.25, -0.2) is 4.79 Å². The van der Waals surface area contributed by atoms with Crippen molar-refractivity contribution >= 4 is 11.8 Å². The highest BCUT2D eigenvalue weighted by Crippen LogP contribution is 1.81. The Labute approximate surface area is 74.1 Å². The third-order valence-electron chi connectivity index (χ3n) is 0.563. The van der Waals surface area contributed by atoms with E-state index < -0.39 is 11.8 Å². The lowest BCUT2D eigenvalue weighted by molar-refractivity contribution is -0.152. The summed E-state index contributed by atoms with van der Waals surface area (Å²) >= 11 is 0. The molecule has 0 atom stereocenters. The van der Waals surface area contributed by atoms with Crippen LogP contribution in [0.4, 0.5) is 0 Å². The second-order valence-corrected chi connectivity index (χ2v) is 3.01. The van der Waals surface area contributed by atoms with Crippen LogP contribution in [0.2, 0.25) is 0 Å². The van der Waals surface area contributed by atoms with Gasteiger partial charge in [0.25, 0.3) is 0 Å². The summed E-state index contributed by atoms with van der Waals surface area (Å²) in [6, 6.07) is 0. The van der Waals surface area contributed by atoms with Crippen molar-refractivity contribution in [2.45, 2.75) is 34.6 Å². The van der Waals surface area contributed by atoms with Crippen LogP contribution in [0.1, 0.15) is 34.6 Å². The Morgan fingerprint density at radius 2 is 1.58 bits per heavy atom. The van der Waals surface area contributed by atoms with Gasteiger partial charge in [-0.3, -0.25) is 4.79 Å². The fraction of sp³-hybridized carbons (Fsp3) is 0.778. The largest absolute Gasteiger partial charge is 0.460 e. The van der Waals surface area contributed by atoms with E-state index in [9.17, 15) is 9.59 Å². The Balaban J connectivity index is 0. The number of Topliss-reactive ketones (excluding diaryl/α,β-unsaturated/α-hetero) is 1. The van der Waals surface area contributed by atoms with Gasteiger partial charge in [0, 0.05) is 6.92 Å². The van der Waals surface area contributed by atoms with Crippen LogP contribution in [0, 0.1) is 5.92 Å². The molecule has 0 aliphatic heterocycles. The molecular weight excluding hydrogens is 156 g/mol. The Bertz CT molecular complexity index is 136. The van der Waals surface area contributed by atoms with Gasteiger partial charge >= 0.3 is 5.97 Å². The lowest BCUT2D eigenvalue weighted by Gasteiger charge is -1.93. The zero-order valence-electron chi connectivity index (χ0n) is 8.51.